The lowest BCUT2D eigenvalue weighted by atomic mass is 10.2. The van der Waals surface area contributed by atoms with Gasteiger partial charge in [-0.1, -0.05) is 6.92 Å². The molecule has 0 saturated heterocycles. The average molecular weight is 420 g/mol. The van der Waals surface area contributed by atoms with Gasteiger partial charge in [0.25, 0.3) is 0 Å². The third-order valence-electron chi connectivity index (χ3n) is 3.93. The second kappa shape index (κ2) is 10.0. The molecule has 0 spiro atoms. The predicted molar refractivity (Wildman–Crippen MR) is 111 cm³/mol. The summed E-state index contributed by atoms with van der Waals surface area (Å²) in [7, 11) is -0.597. The van der Waals surface area contributed by atoms with Gasteiger partial charge in [-0.25, -0.2) is 17.5 Å². The highest BCUT2D eigenvalue weighted by Crippen LogP contribution is 2.16. The molecule has 0 aromatic heterocycles. The van der Waals surface area contributed by atoms with Crippen LogP contribution in [0.1, 0.15) is 23.7 Å². The third kappa shape index (κ3) is 6.30. The molecule has 0 aliphatic heterocycles. The van der Waals surface area contributed by atoms with Crippen LogP contribution in [0.2, 0.25) is 0 Å². The molecule has 0 aliphatic carbocycles. The maximum atomic E-state index is 12.1. The molecule has 8 nitrogen and oxygen atoms in total. The Hall–Kier alpha value is -2.91. The topological polar surface area (TPSA) is 105 Å². The van der Waals surface area contributed by atoms with Gasteiger partial charge in [0.2, 0.25) is 15.9 Å². The molecule has 2 aromatic rings. The number of hydrogen-bond acceptors (Lipinski definition) is 6. The van der Waals surface area contributed by atoms with Crippen molar-refractivity contribution in [1.82, 2.24) is 4.31 Å². The molecule has 0 heterocycles. The zero-order valence-corrected chi connectivity index (χ0v) is 17.5. The van der Waals surface area contributed by atoms with Crippen molar-refractivity contribution in [2.45, 2.75) is 18.2 Å². The second-order valence-electron chi connectivity index (χ2n) is 6.43. The Balaban J connectivity index is 1.88. The Morgan fingerprint density at radius 2 is 1.55 bits per heavy atom. The lowest BCUT2D eigenvalue weighted by Crippen LogP contribution is -2.23. The van der Waals surface area contributed by atoms with E-state index in [9.17, 15) is 18.0 Å². The molecule has 29 heavy (non-hydrogen) atoms. The van der Waals surface area contributed by atoms with Crippen molar-refractivity contribution >= 4 is 33.3 Å². The highest BCUT2D eigenvalue weighted by atomic mass is 32.2. The highest BCUT2D eigenvalue weighted by Gasteiger charge is 2.16. The van der Waals surface area contributed by atoms with E-state index < -0.39 is 10.0 Å². The first-order chi connectivity index (χ1) is 13.7. The SMILES string of the molecule is CCCOC(=O)c1ccc(NCC(=O)Nc2ccc(S(=O)(=O)N(C)C)cc2)cc1. The van der Waals surface area contributed by atoms with Gasteiger partial charge in [-0.3, -0.25) is 4.79 Å². The minimum absolute atomic E-state index is 0.0113. The van der Waals surface area contributed by atoms with Crippen LogP contribution in [0.25, 0.3) is 0 Å². The number of sulfonamides is 1. The largest absolute Gasteiger partial charge is 0.462 e. The van der Waals surface area contributed by atoms with Crippen molar-refractivity contribution in [3.8, 4) is 0 Å². The maximum Gasteiger partial charge on any atom is 0.338 e. The number of anilines is 2. The highest BCUT2D eigenvalue weighted by molar-refractivity contribution is 7.89. The summed E-state index contributed by atoms with van der Waals surface area (Å²) in [5, 5.41) is 5.65. The summed E-state index contributed by atoms with van der Waals surface area (Å²) < 4.78 is 30.3. The molecule has 9 heteroatoms. The average Bonchev–Trinajstić information content (AvgIpc) is 2.71. The number of esters is 1. The molecule has 0 bridgehead atoms. The molecule has 0 unspecified atom stereocenters. The molecular formula is C20H25N3O5S. The van der Waals surface area contributed by atoms with E-state index in [1.807, 2.05) is 6.92 Å². The van der Waals surface area contributed by atoms with Crippen LogP contribution in [0.4, 0.5) is 11.4 Å². The van der Waals surface area contributed by atoms with Gasteiger partial charge in [-0.15, -0.1) is 0 Å². The van der Waals surface area contributed by atoms with Crippen molar-refractivity contribution in [2.75, 3.05) is 37.9 Å². The number of nitrogens with one attached hydrogen (secondary N) is 2. The Morgan fingerprint density at radius 3 is 2.10 bits per heavy atom. The number of ether oxygens (including phenoxy) is 1. The summed E-state index contributed by atoms with van der Waals surface area (Å²) in [6.07, 6.45) is 0.759. The molecule has 0 aliphatic rings. The Kier molecular flexibility index (Phi) is 7.74. The standard InChI is InChI=1S/C20H25N3O5S/c1-4-13-28-20(25)15-5-7-16(8-6-15)21-14-19(24)22-17-9-11-18(12-10-17)29(26,27)23(2)3/h5-12,21H,4,13-14H2,1-3H3,(H,22,24). The third-order valence-corrected chi connectivity index (χ3v) is 5.76. The first kappa shape index (κ1) is 22.4. The zero-order chi connectivity index (χ0) is 21.4. The maximum absolute atomic E-state index is 12.1. The summed E-state index contributed by atoms with van der Waals surface area (Å²) >= 11 is 0. The van der Waals surface area contributed by atoms with E-state index in [2.05, 4.69) is 10.6 Å². The van der Waals surface area contributed by atoms with E-state index in [4.69, 9.17) is 4.74 Å². The number of carbonyl (C=O) groups is 2. The monoisotopic (exact) mass is 419 g/mol. The van der Waals surface area contributed by atoms with Crippen LogP contribution in [0.3, 0.4) is 0 Å². The molecular weight excluding hydrogens is 394 g/mol. The van der Waals surface area contributed by atoms with Crippen LogP contribution in [0, 0.1) is 0 Å². The molecule has 0 radical (unpaired) electrons. The minimum atomic E-state index is -3.51. The van der Waals surface area contributed by atoms with Crippen LogP contribution in [-0.2, 0) is 19.6 Å². The van der Waals surface area contributed by atoms with Crippen LogP contribution >= 0.6 is 0 Å². The zero-order valence-electron chi connectivity index (χ0n) is 16.6. The van der Waals surface area contributed by atoms with Gasteiger partial charge in [-0.05, 0) is 55.0 Å². The number of hydrogen-bond donors (Lipinski definition) is 2. The molecule has 0 saturated carbocycles. The number of carbonyl (C=O) groups excluding carboxylic acids is 2. The summed E-state index contributed by atoms with van der Waals surface area (Å²) in [5.41, 5.74) is 1.62. The number of benzene rings is 2. The van der Waals surface area contributed by atoms with E-state index in [1.165, 1.54) is 38.4 Å². The predicted octanol–water partition coefficient (Wildman–Crippen LogP) is 2.55. The van der Waals surface area contributed by atoms with Crippen LogP contribution < -0.4 is 10.6 Å². The van der Waals surface area contributed by atoms with Crippen LogP contribution in [0.5, 0.6) is 0 Å². The van der Waals surface area contributed by atoms with Crippen molar-refractivity contribution in [3.05, 3.63) is 54.1 Å². The first-order valence-corrected chi connectivity index (χ1v) is 10.5. The van der Waals surface area contributed by atoms with E-state index >= 15 is 0 Å². The van der Waals surface area contributed by atoms with E-state index in [1.54, 1.807) is 24.3 Å². The number of amides is 1. The van der Waals surface area contributed by atoms with E-state index in [0.29, 0.717) is 23.5 Å². The van der Waals surface area contributed by atoms with E-state index in [-0.39, 0.29) is 23.3 Å². The van der Waals surface area contributed by atoms with Gasteiger partial charge >= 0.3 is 5.97 Å². The van der Waals surface area contributed by atoms with E-state index in [0.717, 1.165) is 10.7 Å². The molecule has 1 amide bonds. The molecule has 2 rings (SSSR count). The van der Waals surface area contributed by atoms with Crippen molar-refractivity contribution in [1.29, 1.82) is 0 Å². The van der Waals surface area contributed by atoms with Crippen molar-refractivity contribution < 1.29 is 22.7 Å². The molecule has 0 atom stereocenters. The number of rotatable bonds is 9. The van der Waals surface area contributed by atoms with Crippen molar-refractivity contribution in [2.24, 2.45) is 0 Å². The Labute approximate surface area is 170 Å². The Bertz CT molecular complexity index is 939. The van der Waals surface area contributed by atoms with Gasteiger partial charge < -0.3 is 15.4 Å². The van der Waals surface area contributed by atoms with Gasteiger partial charge in [0.05, 0.1) is 23.6 Å². The summed E-state index contributed by atoms with van der Waals surface area (Å²) in [6.45, 7) is 2.31. The fraction of sp³-hybridized carbons (Fsp3) is 0.300. The lowest BCUT2D eigenvalue weighted by Gasteiger charge is -2.12. The fourth-order valence-corrected chi connectivity index (χ4v) is 3.21. The molecule has 0 fully saturated rings. The van der Waals surface area contributed by atoms with Gasteiger partial charge in [0, 0.05) is 25.5 Å². The molecule has 2 aromatic carbocycles. The normalized spacial score (nSPS) is 11.2. The lowest BCUT2D eigenvalue weighted by molar-refractivity contribution is -0.114. The van der Waals surface area contributed by atoms with Crippen molar-refractivity contribution in [3.63, 3.8) is 0 Å². The summed E-state index contributed by atoms with van der Waals surface area (Å²) in [5.74, 6) is -0.671. The number of nitrogens with zero attached hydrogens (tertiary/aromatic N) is 1. The molecule has 2 N–H and O–H groups in total. The Morgan fingerprint density at radius 1 is 0.966 bits per heavy atom. The van der Waals surface area contributed by atoms with Gasteiger partial charge in [0.15, 0.2) is 0 Å². The van der Waals surface area contributed by atoms with Crippen LogP contribution in [-0.4, -0.2) is 51.8 Å². The quantitative estimate of drug-likeness (QED) is 0.605. The molecule has 156 valence electrons. The first-order valence-electron chi connectivity index (χ1n) is 9.07. The minimum Gasteiger partial charge on any atom is -0.462 e. The van der Waals surface area contributed by atoms with Gasteiger partial charge in [-0.2, -0.15) is 0 Å². The summed E-state index contributed by atoms with van der Waals surface area (Å²) in [4.78, 5) is 24.0. The van der Waals surface area contributed by atoms with Crippen LogP contribution in [0.15, 0.2) is 53.4 Å². The fourth-order valence-electron chi connectivity index (χ4n) is 2.31. The second-order valence-corrected chi connectivity index (χ2v) is 8.58. The van der Waals surface area contributed by atoms with Gasteiger partial charge in [0.1, 0.15) is 0 Å². The summed E-state index contributed by atoms with van der Waals surface area (Å²) in [6, 6.07) is 12.6. The smallest absolute Gasteiger partial charge is 0.338 e.